The van der Waals surface area contributed by atoms with Crippen molar-refractivity contribution in [2.75, 3.05) is 11.9 Å². The van der Waals surface area contributed by atoms with Gasteiger partial charge in [-0.2, -0.15) is 4.39 Å². The van der Waals surface area contributed by atoms with Crippen LogP contribution in [0.1, 0.15) is 26.3 Å². The van der Waals surface area contributed by atoms with Crippen molar-refractivity contribution in [2.24, 2.45) is 0 Å². The lowest BCUT2D eigenvalue weighted by Gasteiger charge is -2.19. The lowest BCUT2D eigenvalue weighted by Crippen LogP contribution is -2.20. The third kappa shape index (κ3) is 4.55. The molecule has 0 atom stereocenters. The number of nitrogens with one attached hydrogen (secondary N) is 1. The monoisotopic (exact) mass is 302 g/mol. The van der Waals surface area contributed by atoms with Crippen LogP contribution in [0.3, 0.4) is 0 Å². The molecule has 1 N–H and O–H groups in total. The molecule has 2 rings (SSSR count). The lowest BCUT2D eigenvalue weighted by atomic mass is 9.87. The Morgan fingerprint density at radius 2 is 1.86 bits per heavy atom. The van der Waals surface area contributed by atoms with E-state index in [1.165, 1.54) is 23.9 Å². The molecule has 0 bridgehead atoms. The van der Waals surface area contributed by atoms with Gasteiger partial charge in [0.1, 0.15) is 5.75 Å². The Kier molecular flexibility index (Phi) is 4.75. The number of carbonyl (C=O) groups excluding carboxylic acids is 1. The van der Waals surface area contributed by atoms with E-state index in [1.807, 2.05) is 24.3 Å². The molecule has 0 radical (unpaired) electrons. The second-order valence-corrected chi connectivity index (χ2v) is 5.98. The van der Waals surface area contributed by atoms with E-state index in [9.17, 15) is 9.18 Å². The number of nitrogens with zero attached hydrogens (tertiary/aromatic N) is 1. The van der Waals surface area contributed by atoms with Gasteiger partial charge in [-0.15, -0.1) is 0 Å². The average Bonchev–Trinajstić information content (AvgIpc) is 2.47. The van der Waals surface area contributed by atoms with Crippen molar-refractivity contribution < 1.29 is 13.9 Å². The third-order valence-corrected chi connectivity index (χ3v) is 3.10. The molecule has 0 spiro atoms. The van der Waals surface area contributed by atoms with Crippen LogP contribution in [-0.2, 0) is 10.2 Å². The highest BCUT2D eigenvalue weighted by Gasteiger charge is 2.13. The number of hydrogen-bond acceptors (Lipinski definition) is 3. The van der Waals surface area contributed by atoms with E-state index in [0.29, 0.717) is 11.4 Å². The van der Waals surface area contributed by atoms with Crippen LogP contribution in [0.15, 0.2) is 42.6 Å². The first-order valence-electron chi connectivity index (χ1n) is 6.99. The molecule has 1 amide bonds. The van der Waals surface area contributed by atoms with Crippen LogP contribution in [0.25, 0.3) is 0 Å². The average molecular weight is 302 g/mol. The van der Waals surface area contributed by atoms with Crippen molar-refractivity contribution in [3.63, 3.8) is 0 Å². The zero-order chi connectivity index (χ0) is 16.2. The number of ether oxygens (including phenoxy) is 1. The highest BCUT2D eigenvalue weighted by atomic mass is 19.1. The van der Waals surface area contributed by atoms with Gasteiger partial charge in [0.05, 0.1) is 11.9 Å². The molecule has 5 heteroatoms. The molecule has 116 valence electrons. The Morgan fingerprint density at radius 3 is 2.41 bits per heavy atom. The molecule has 4 nitrogen and oxygen atoms in total. The fourth-order valence-corrected chi connectivity index (χ4v) is 1.85. The standard InChI is InChI=1S/C17H19FN2O2/c1-17(2,3)12-4-7-14(8-5-12)22-11-16(21)20-13-6-9-15(18)19-10-13/h4-10H,11H2,1-3H3,(H,20,21). The number of rotatable bonds is 4. The number of benzene rings is 1. The summed E-state index contributed by atoms with van der Waals surface area (Å²) in [5, 5.41) is 2.58. The van der Waals surface area contributed by atoms with Gasteiger partial charge in [0, 0.05) is 0 Å². The molecule has 0 saturated carbocycles. The number of amides is 1. The maximum absolute atomic E-state index is 12.7. The molecule has 1 aromatic heterocycles. The van der Waals surface area contributed by atoms with Gasteiger partial charge in [-0.25, -0.2) is 4.98 Å². The SMILES string of the molecule is CC(C)(C)c1ccc(OCC(=O)Nc2ccc(F)nc2)cc1. The van der Waals surface area contributed by atoms with E-state index >= 15 is 0 Å². The zero-order valence-electron chi connectivity index (χ0n) is 12.9. The predicted octanol–water partition coefficient (Wildman–Crippen LogP) is 3.54. The fraction of sp³-hybridized carbons (Fsp3) is 0.294. The van der Waals surface area contributed by atoms with Crippen LogP contribution in [0, 0.1) is 5.95 Å². The number of anilines is 1. The topological polar surface area (TPSA) is 51.2 Å². The molecule has 1 heterocycles. The van der Waals surface area contributed by atoms with Crippen LogP contribution in [0.4, 0.5) is 10.1 Å². The quantitative estimate of drug-likeness (QED) is 0.879. The van der Waals surface area contributed by atoms with Gasteiger partial charge in [-0.3, -0.25) is 4.79 Å². The summed E-state index contributed by atoms with van der Waals surface area (Å²) in [6.45, 7) is 6.28. The van der Waals surface area contributed by atoms with Crippen LogP contribution in [0.2, 0.25) is 0 Å². The summed E-state index contributed by atoms with van der Waals surface area (Å²) in [7, 11) is 0. The minimum absolute atomic E-state index is 0.0749. The summed E-state index contributed by atoms with van der Waals surface area (Å²) in [5.41, 5.74) is 1.70. The first kappa shape index (κ1) is 15.9. The van der Waals surface area contributed by atoms with Crippen LogP contribution in [0.5, 0.6) is 5.75 Å². The van der Waals surface area contributed by atoms with E-state index in [2.05, 4.69) is 31.1 Å². The first-order valence-corrected chi connectivity index (χ1v) is 6.99. The molecule has 0 unspecified atom stereocenters. The Morgan fingerprint density at radius 1 is 1.18 bits per heavy atom. The maximum atomic E-state index is 12.7. The summed E-state index contributed by atoms with van der Waals surface area (Å²) in [4.78, 5) is 15.2. The predicted molar refractivity (Wildman–Crippen MR) is 83.5 cm³/mol. The maximum Gasteiger partial charge on any atom is 0.262 e. The fourth-order valence-electron chi connectivity index (χ4n) is 1.85. The summed E-state index contributed by atoms with van der Waals surface area (Å²) < 4.78 is 18.1. The zero-order valence-corrected chi connectivity index (χ0v) is 12.9. The van der Waals surface area contributed by atoms with Gasteiger partial charge < -0.3 is 10.1 Å². The molecule has 0 saturated heterocycles. The molecular weight excluding hydrogens is 283 g/mol. The van der Waals surface area contributed by atoms with Crippen molar-refractivity contribution in [1.82, 2.24) is 4.98 Å². The molecule has 0 aliphatic heterocycles. The number of hydrogen-bond donors (Lipinski definition) is 1. The molecule has 22 heavy (non-hydrogen) atoms. The van der Waals surface area contributed by atoms with E-state index in [4.69, 9.17) is 4.74 Å². The lowest BCUT2D eigenvalue weighted by molar-refractivity contribution is -0.118. The highest BCUT2D eigenvalue weighted by Crippen LogP contribution is 2.24. The minimum atomic E-state index is -0.590. The van der Waals surface area contributed by atoms with E-state index < -0.39 is 5.95 Å². The van der Waals surface area contributed by atoms with Gasteiger partial charge in [0.2, 0.25) is 5.95 Å². The van der Waals surface area contributed by atoms with Crippen molar-refractivity contribution in [3.8, 4) is 5.75 Å². The van der Waals surface area contributed by atoms with Crippen LogP contribution < -0.4 is 10.1 Å². The second kappa shape index (κ2) is 6.56. The molecule has 2 aromatic rings. The summed E-state index contributed by atoms with van der Waals surface area (Å²) in [6, 6.07) is 10.3. The van der Waals surface area contributed by atoms with Gasteiger partial charge in [0.25, 0.3) is 5.91 Å². The number of carbonyl (C=O) groups is 1. The van der Waals surface area contributed by atoms with Crippen LogP contribution >= 0.6 is 0 Å². The number of aromatic nitrogens is 1. The Bertz CT molecular complexity index is 631. The third-order valence-electron chi connectivity index (χ3n) is 3.10. The van der Waals surface area contributed by atoms with E-state index in [0.717, 1.165) is 0 Å². The first-order chi connectivity index (χ1) is 10.3. The van der Waals surface area contributed by atoms with Crippen LogP contribution in [-0.4, -0.2) is 17.5 Å². The van der Waals surface area contributed by atoms with Gasteiger partial charge >= 0.3 is 0 Å². The van der Waals surface area contributed by atoms with Crippen molar-refractivity contribution in [1.29, 1.82) is 0 Å². The number of pyridine rings is 1. The minimum Gasteiger partial charge on any atom is -0.484 e. The summed E-state index contributed by atoms with van der Waals surface area (Å²) >= 11 is 0. The van der Waals surface area contributed by atoms with E-state index in [1.54, 1.807) is 0 Å². The molecule has 0 aliphatic carbocycles. The number of halogens is 1. The van der Waals surface area contributed by atoms with Gasteiger partial charge in [-0.1, -0.05) is 32.9 Å². The summed E-state index contributed by atoms with van der Waals surface area (Å²) in [5.74, 6) is -0.290. The molecular formula is C17H19FN2O2. The molecule has 1 aromatic carbocycles. The van der Waals surface area contributed by atoms with Gasteiger partial charge in [-0.05, 0) is 35.2 Å². The smallest absolute Gasteiger partial charge is 0.262 e. The second-order valence-electron chi connectivity index (χ2n) is 5.98. The van der Waals surface area contributed by atoms with Crippen molar-refractivity contribution in [3.05, 3.63) is 54.1 Å². The summed E-state index contributed by atoms with van der Waals surface area (Å²) in [6.07, 6.45) is 1.26. The molecule has 0 fully saturated rings. The van der Waals surface area contributed by atoms with Crippen molar-refractivity contribution >= 4 is 11.6 Å². The van der Waals surface area contributed by atoms with E-state index in [-0.39, 0.29) is 17.9 Å². The normalized spacial score (nSPS) is 11.1. The largest absolute Gasteiger partial charge is 0.484 e. The van der Waals surface area contributed by atoms with Crippen molar-refractivity contribution in [2.45, 2.75) is 26.2 Å². The Labute approximate surface area is 129 Å². The Hall–Kier alpha value is -2.43. The molecule has 0 aliphatic rings. The highest BCUT2D eigenvalue weighted by molar-refractivity contribution is 5.91. The van der Waals surface area contributed by atoms with Gasteiger partial charge in [0.15, 0.2) is 6.61 Å². The Balaban J connectivity index is 1.87.